The number of piperidine rings is 1. The standard InChI is InChI=1S/C14H17F2NO2/c15-11-4-5-13(16)10(8-11)3-6-14(19)17-7-1-2-12(18)9-17/h4-5,8,12,18H,1-3,6-7,9H2. The highest BCUT2D eigenvalue weighted by Crippen LogP contribution is 2.15. The molecule has 2 rings (SSSR count). The van der Waals surface area contributed by atoms with Gasteiger partial charge in [-0.1, -0.05) is 0 Å². The lowest BCUT2D eigenvalue weighted by Crippen LogP contribution is -2.42. The molecule has 0 saturated carbocycles. The molecular weight excluding hydrogens is 252 g/mol. The minimum absolute atomic E-state index is 0.123. The molecule has 1 atom stereocenters. The zero-order chi connectivity index (χ0) is 13.8. The molecule has 1 aliphatic heterocycles. The Balaban J connectivity index is 1.91. The number of β-amino-alcohol motifs (C(OH)–C–C–N with tert-alkyl or cyclic N) is 1. The van der Waals surface area contributed by atoms with E-state index in [2.05, 4.69) is 0 Å². The van der Waals surface area contributed by atoms with Gasteiger partial charge in [0.15, 0.2) is 0 Å². The first-order valence-electron chi connectivity index (χ1n) is 6.46. The third-order valence-corrected chi connectivity index (χ3v) is 3.37. The van der Waals surface area contributed by atoms with Gasteiger partial charge in [-0.15, -0.1) is 0 Å². The summed E-state index contributed by atoms with van der Waals surface area (Å²) in [5.41, 5.74) is 0.214. The zero-order valence-electron chi connectivity index (χ0n) is 10.6. The molecule has 5 heteroatoms. The van der Waals surface area contributed by atoms with Crippen molar-refractivity contribution in [3.8, 4) is 0 Å². The molecule has 1 heterocycles. The summed E-state index contributed by atoms with van der Waals surface area (Å²) in [6.45, 7) is 0.964. The number of aryl methyl sites for hydroxylation is 1. The molecule has 0 aliphatic carbocycles. The van der Waals surface area contributed by atoms with Crippen LogP contribution in [0.4, 0.5) is 8.78 Å². The molecule has 0 bridgehead atoms. The summed E-state index contributed by atoms with van der Waals surface area (Å²) in [5, 5.41) is 9.49. The van der Waals surface area contributed by atoms with E-state index in [4.69, 9.17) is 0 Å². The lowest BCUT2D eigenvalue weighted by atomic mass is 10.1. The van der Waals surface area contributed by atoms with Crippen molar-refractivity contribution in [2.75, 3.05) is 13.1 Å². The first kappa shape index (κ1) is 13.9. The van der Waals surface area contributed by atoms with E-state index in [1.54, 1.807) is 4.90 Å². The van der Waals surface area contributed by atoms with Gasteiger partial charge in [-0.2, -0.15) is 0 Å². The van der Waals surface area contributed by atoms with Crippen LogP contribution in [0, 0.1) is 11.6 Å². The number of aliphatic hydroxyl groups excluding tert-OH is 1. The van der Waals surface area contributed by atoms with Gasteiger partial charge in [0, 0.05) is 19.5 Å². The highest BCUT2D eigenvalue weighted by atomic mass is 19.1. The van der Waals surface area contributed by atoms with Crippen LogP contribution in [0.15, 0.2) is 18.2 Å². The molecule has 0 aromatic heterocycles. The first-order chi connectivity index (χ1) is 9.06. The number of amides is 1. The molecule has 1 N–H and O–H groups in total. The maximum Gasteiger partial charge on any atom is 0.222 e. The fourth-order valence-corrected chi connectivity index (χ4v) is 2.32. The Kier molecular flexibility index (Phi) is 4.47. The van der Waals surface area contributed by atoms with Crippen molar-refractivity contribution in [1.82, 2.24) is 4.90 Å². The number of carbonyl (C=O) groups excluding carboxylic acids is 1. The molecule has 1 amide bonds. The summed E-state index contributed by atoms with van der Waals surface area (Å²) in [4.78, 5) is 13.5. The van der Waals surface area contributed by atoms with Crippen LogP contribution >= 0.6 is 0 Å². The SMILES string of the molecule is O=C(CCc1cc(F)ccc1F)N1CCCC(O)C1. The van der Waals surface area contributed by atoms with Crippen LogP contribution in [0.2, 0.25) is 0 Å². The minimum Gasteiger partial charge on any atom is -0.391 e. The quantitative estimate of drug-likeness (QED) is 0.910. The fraction of sp³-hybridized carbons (Fsp3) is 0.500. The zero-order valence-corrected chi connectivity index (χ0v) is 10.6. The Hall–Kier alpha value is -1.49. The van der Waals surface area contributed by atoms with Crippen LogP contribution in [0.3, 0.4) is 0 Å². The Morgan fingerprint density at radius 3 is 2.95 bits per heavy atom. The predicted molar refractivity (Wildman–Crippen MR) is 66.5 cm³/mol. The van der Waals surface area contributed by atoms with Crippen molar-refractivity contribution in [1.29, 1.82) is 0 Å². The number of nitrogens with zero attached hydrogens (tertiary/aromatic N) is 1. The maximum absolute atomic E-state index is 13.4. The van der Waals surface area contributed by atoms with Gasteiger partial charge < -0.3 is 10.0 Å². The van der Waals surface area contributed by atoms with E-state index in [0.717, 1.165) is 24.6 Å². The number of carbonyl (C=O) groups is 1. The number of hydrogen-bond donors (Lipinski definition) is 1. The topological polar surface area (TPSA) is 40.5 Å². The van der Waals surface area contributed by atoms with Crippen molar-refractivity contribution in [2.45, 2.75) is 31.8 Å². The van der Waals surface area contributed by atoms with Crippen molar-refractivity contribution in [2.24, 2.45) is 0 Å². The minimum atomic E-state index is -0.503. The van der Waals surface area contributed by atoms with Crippen LogP contribution in [0.25, 0.3) is 0 Å². The second kappa shape index (κ2) is 6.10. The number of halogens is 2. The number of rotatable bonds is 3. The molecular formula is C14H17F2NO2. The normalized spacial score (nSPS) is 19.5. The van der Waals surface area contributed by atoms with Gasteiger partial charge in [0.1, 0.15) is 11.6 Å². The van der Waals surface area contributed by atoms with Crippen LogP contribution in [0.5, 0.6) is 0 Å². The van der Waals surface area contributed by atoms with Gasteiger partial charge >= 0.3 is 0 Å². The van der Waals surface area contributed by atoms with E-state index in [9.17, 15) is 18.7 Å². The third kappa shape index (κ3) is 3.73. The monoisotopic (exact) mass is 269 g/mol. The number of likely N-dealkylation sites (tertiary alicyclic amines) is 1. The highest BCUT2D eigenvalue weighted by molar-refractivity contribution is 5.76. The highest BCUT2D eigenvalue weighted by Gasteiger charge is 2.21. The molecule has 0 spiro atoms. The Morgan fingerprint density at radius 2 is 2.21 bits per heavy atom. The smallest absolute Gasteiger partial charge is 0.222 e. The average molecular weight is 269 g/mol. The fourth-order valence-electron chi connectivity index (χ4n) is 2.32. The molecule has 0 radical (unpaired) electrons. The van der Waals surface area contributed by atoms with Crippen LogP contribution in [0.1, 0.15) is 24.8 Å². The first-order valence-corrected chi connectivity index (χ1v) is 6.46. The van der Waals surface area contributed by atoms with E-state index in [1.807, 2.05) is 0 Å². The molecule has 19 heavy (non-hydrogen) atoms. The number of aliphatic hydroxyl groups is 1. The molecule has 1 aliphatic rings. The molecule has 1 unspecified atom stereocenters. The van der Waals surface area contributed by atoms with Gasteiger partial charge in [0.25, 0.3) is 0 Å². The van der Waals surface area contributed by atoms with E-state index in [0.29, 0.717) is 19.5 Å². The van der Waals surface area contributed by atoms with Crippen molar-refractivity contribution >= 4 is 5.91 Å². The van der Waals surface area contributed by atoms with E-state index in [-0.39, 0.29) is 24.3 Å². The number of hydrogen-bond acceptors (Lipinski definition) is 2. The van der Waals surface area contributed by atoms with Gasteiger partial charge in [-0.05, 0) is 43.0 Å². The molecule has 104 valence electrons. The molecule has 1 fully saturated rings. The van der Waals surface area contributed by atoms with Gasteiger partial charge in [0.2, 0.25) is 5.91 Å². The summed E-state index contributed by atoms with van der Waals surface area (Å²) >= 11 is 0. The molecule has 1 saturated heterocycles. The third-order valence-electron chi connectivity index (χ3n) is 3.37. The van der Waals surface area contributed by atoms with Gasteiger partial charge in [-0.3, -0.25) is 4.79 Å². The van der Waals surface area contributed by atoms with Crippen LogP contribution < -0.4 is 0 Å². The Morgan fingerprint density at radius 1 is 1.42 bits per heavy atom. The number of benzene rings is 1. The maximum atomic E-state index is 13.4. The summed E-state index contributed by atoms with van der Waals surface area (Å²) in [5.74, 6) is -1.12. The van der Waals surface area contributed by atoms with Crippen LogP contribution in [-0.4, -0.2) is 35.1 Å². The van der Waals surface area contributed by atoms with E-state index < -0.39 is 17.7 Å². The van der Waals surface area contributed by atoms with E-state index in [1.165, 1.54) is 0 Å². The summed E-state index contributed by atoms with van der Waals surface area (Å²) in [6.07, 6.45) is 1.33. The second-order valence-corrected chi connectivity index (χ2v) is 4.87. The lowest BCUT2D eigenvalue weighted by molar-refractivity contribution is -0.134. The molecule has 1 aromatic carbocycles. The van der Waals surface area contributed by atoms with Crippen LogP contribution in [-0.2, 0) is 11.2 Å². The average Bonchev–Trinajstić information content (AvgIpc) is 2.39. The van der Waals surface area contributed by atoms with Crippen molar-refractivity contribution in [3.63, 3.8) is 0 Å². The predicted octanol–water partition coefficient (Wildman–Crippen LogP) is 1.88. The summed E-state index contributed by atoms with van der Waals surface area (Å²) in [7, 11) is 0. The van der Waals surface area contributed by atoms with Gasteiger partial charge in [-0.25, -0.2) is 8.78 Å². The molecule has 1 aromatic rings. The second-order valence-electron chi connectivity index (χ2n) is 4.87. The van der Waals surface area contributed by atoms with E-state index >= 15 is 0 Å². The van der Waals surface area contributed by atoms with Gasteiger partial charge in [0.05, 0.1) is 6.10 Å². The van der Waals surface area contributed by atoms with Crippen molar-refractivity contribution in [3.05, 3.63) is 35.4 Å². The Labute approximate surface area is 110 Å². The summed E-state index contributed by atoms with van der Waals surface area (Å²) in [6, 6.07) is 3.25. The van der Waals surface area contributed by atoms with Crippen molar-refractivity contribution < 1.29 is 18.7 Å². The molecule has 3 nitrogen and oxygen atoms in total. The Bertz CT molecular complexity index is 465. The lowest BCUT2D eigenvalue weighted by Gasteiger charge is -2.30. The summed E-state index contributed by atoms with van der Waals surface area (Å²) < 4.78 is 26.4. The largest absolute Gasteiger partial charge is 0.391 e.